The van der Waals surface area contributed by atoms with E-state index in [1.807, 2.05) is 0 Å². The summed E-state index contributed by atoms with van der Waals surface area (Å²) in [7, 11) is 0. The van der Waals surface area contributed by atoms with E-state index in [0.717, 1.165) is 4.88 Å². The molecule has 0 aliphatic heterocycles. The molecular weight excluding hydrogens is 411 g/mol. The fourth-order valence-corrected chi connectivity index (χ4v) is 4.04. The van der Waals surface area contributed by atoms with Gasteiger partial charge >= 0.3 is 0 Å². The highest BCUT2D eigenvalue weighted by molar-refractivity contribution is 7.16. The first kappa shape index (κ1) is 21.7. The maximum absolute atomic E-state index is 15.0. The summed E-state index contributed by atoms with van der Waals surface area (Å²) < 4.78 is 43.9. The highest BCUT2D eigenvalue weighted by Crippen LogP contribution is 2.43. The Balaban J connectivity index is 2.12. The number of aliphatic hydroxyl groups is 1. The average molecular weight is 431 g/mol. The van der Waals surface area contributed by atoms with Crippen LogP contribution >= 0.6 is 11.3 Å². The van der Waals surface area contributed by atoms with Gasteiger partial charge in [0.25, 0.3) is 0 Å². The number of nitrogens with zero attached hydrogens (tertiary/aromatic N) is 1. The van der Waals surface area contributed by atoms with Crippen molar-refractivity contribution in [2.24, 2.45) is 0 Å². The second-order valence-corrected chi connectivity index (χ2v) is 8.84. The zero-order chi connectivity index (χ0) is 22.2. The molecule has 3 aromatic rings. The zero-order valence-electron chi connectivity index (χ0n) is 16.6. The molecular formula is C22H20F3N3OS. The topological polar surface area (TPSA) is 82.1 Å². The van der Waals surface area contributed by atoms with Gasteiger partial charge in [-0.05, 0) is 50.6 Å². The van der Waals surface area contributed by atoms with E-state index in [0.29, 0.717) is 16.0 Å². The van der Waals surface area contributed by atoms with Crippen LogP contribution < -0.4 is 11.1 Å². The molecule has 156 valence electrons. The molecule has 2 aromatic carbocycles. The number of benzene rings is 2. The molecule has 0 saturated carbocycles. The molecule has 8 heteroatoms. The van der Waals surface area contributed by atoms with E-state index in [2.05, 4.69) is 5.32 Å². The average Bonchev–Trinajstić information content (AvgIpc) is 3.05. The van der Waals surface area contributed by atoms with Crippen LogP contribution in [0.3, 0.4) is 0 Å². The van der Waals surface area contributed by atoms with E-state index in [-0.39, 0.29) is 29.0 Å². The Hall–Kier alpha value is -3.02. The number of nitrogen functional groups attached to an aromatic ring is 1. The number of nitriles is 1. The van der Waals surface area contributed by atoms with Gasteiger partial charge in [0, 0.05) is 27.4 Å². The van der Waals surface area contributed by atoms with Crippen LogP contribution in [0.4, 0.5) is 24.5 Å². The van der Waals surface area contributed by atoms with Crippen molar-refractivity contribution >= 4 is 22.7 Å². The van der Waals surface area contributed by atoms with Gasteiger partial charge < -0.3 is 16.2 Å². The minimum atomic E-state index is -1.16. The number of halogens is 3. The molecule has 0 aliphatic rings. The first-order valence-electron chi connectivity index (χ1n) is 9.06. The van der Waals surface area contributed by atoms with Crippen molar-refractivity contribution in [3.05, 3.63) is 58.2 Å². The molecule has 1 aromatic heterocycles. The molecule has 4 nitrogen and oxygen atoms in total. The third-order valence-electron chi connectivity index (χ3n) is 4.44. The predicted molar refractivity (Wildman–Crippen MR) is 114 cm³/mol. The van der Waals surface area contributed by atoms with Gasteiger partial charge in [-0.1, -0.05) is 6.07 Å². The predicted octanol–water partition coefficient (Wildman–Crippen LogP) is 5.44. The van der Waals surface area contributed by atoms with E-state index in [4.69, 9.17) is 11.0 Å². The molecule has 0 fully saturated rings. The number of nitrogens with two attached hydrogens (primary N) is 1. The summed E-state index contributed by atoms with van der Waals surface area (Å²) in [5.74, 6) is -2.95. The number of nitrogens with one attached hydrogen (secondary N) is 1. The number of aryl methyl sites for hydroxylation is 1. The number of hydrogen-bond donors (Lipinski definition) is 3. The third kappa shape index (κ3) is 4.27. The van der Waals surface area contributed by atoms with Crippen molar-refractivity contribution in [3.8, 4) is 27.6 Å². The Morgan fingerprint density at radius 1 is 1.13 bits per heavy atom. The van der Waals surface area contributed by atoms with Gasteiger partial charge in [0.1, 0.15) is 11.9 Å². The summed E-state index contributed by atoms with van der Waals surface area (Å²) in [6.45, 7) is 4.82. The molecule has 0 radical (unpaired) electrons. The SMILES string of the molecule is Cc1cc(-c2ccc(C#N)c(F)c2)c(-c2cc(N)c(NCC(C)(C)O)c(F)c2F)s1. The molecule has 0 spiro atoms. The highest BCUT2D eigenvalue weighted by Gasteiger charge is 2.23. The summed E-state index contributed by atoms with van der Waals surface area (Å²) in [5.41, 5.74) is 5.39. The first-order chi connectivity index (χ1) is 14.0. The Kier molecular flexibility index (Phi) is 5.79. The Morgan fingerprint density at radius 3 is 2.43 bits per heavy atom. The summed E-state index contributed by atoms with van der Waals surface area (Å²) in [5, 5.41) is 21.4. The van der Waals surface area contributed by atoms with Crippen molar-refractivity contribution in [2.45, 2.75) is 26.4 Å². The van der Waals surface area contributed by atoms with Crippen LogP contribution in [0.1, 0.15) is 24.3 Å². The van der Waals surface area contributed by atoms with Gasteiger partial charge in [-0.25, -0.2) is 13.2 Å². The molecule has 1 heterocycles. The summed E-state index contributed by atoms with van der Waals surface area (Å²) in [4.78, 5) is 1.21. The van der Waals surface area contributed by atoms with Crippen LogP contribution in [0.25, 0.3) is 21.6 Å². The molecule has 0 atom stereocenters. The largest absolute Gasteiger partial charge is 0.397 e. The molecule has 0 aliphatic carbocycles. The molecule has 0 saturated heterocycles. The van der Waals surface area contributed by atoms with Crippen molar-refractivity contribution in [2.75, 3.05) is 17.6 Å². The molecule has 0 unspecified atom stereocenters. The second-order valence-electron chi connectivity index (χ2n) is 7.59. The minimum Gasteiger partial charge on any atom is -0.397 e. The molecule has 0 bridgehead atoms. The van der Waals surface area contributed by atoms with Crippen molar-refractivity contribution in [1.82, 2.24) is 0 Å². The van der Waals surface area contributed by atoms with Crippen LogP contribution in [0, 0.1) is 35.7 Å². The maximum Gasteiger partial charge on any atom is 0.184 e. The second kappa shape index (κ2) is 8.01. The highest BCUT2D eigenvalue weighted by atomic mass is 32.1. The molecule has 3 rings (SSSR count). The van der Waals surface area contributed by atoms with Crippen LogP contribution in [-0.4, -0.2) is 17.3 Å². The van der Waals surface area contributed by atoms with Crippen molar-refractivity contribution in [3.63, 3.8) is 0 Å². The van der Waals surface area contributed by atoms with Crippen LogP contribution in [0.2, 0.25) is 0 Å². The minimum absolute atomic E-state index is 0.0174. The molecule has 0 amide bonds. The Morgan fingerprint density at radius 2 is 1.83 bits per heavy atom. The van der Waals surface area contributed by atoms with E-state index in [1.165, 1.54) is 43.4 Å². The first-order valence-corrected chi connectivity index (χ1v) is 9.88. The van der Waals surface area contributed by atoms with Crippen LogP contribution in [0.5, 0.6) is 0 Å². The normalized spacial score (nSPS) is 11.4. The number of anilines is 2. The smallest absolute Gasteiger partial charge is 0.184 e. The molecule has 4 N–H and O–H groups in total. The van der Waals surface area contributed by atoms with Gasteiger partial charge in [-0.2, -0.15) is 5.26 Å². The maximum atomic E-state index is 15.0. The summed E-state index contributed by atoms with van der Waals surface area (Å²) in [6, 6.07) is 8.92. The molecule has 30 heavy (non-hydrogen) atoms. The summed E-state index contributed by atoms with van der Waals surface area (Å²) in [6.07, 6.45) is 0. The number of rotatable bonds is 5. The lowest BCUT2D eigenvalue weighted by Gasteiger charge is -2.20. The zero-order valence-corrected chi connectivity index (χ0v) is 17.4. The van der Waals surface area contributed by atoms with Gasteiger partial charge in [0.05, 0.1) is 22.5 Å². The fraction of sp³-hybridized carbons (Fsp3) is 0.227. The summed E-state index contributed by atoms with van der Waals surface area (Å²) >= 11 is 1.22. The quantitative estimate of drug-likeness (QED) is 0.470. The lowest BCUT2D eigenvalue weighted by molar-refractivity contribution is 0.0944. The number of hydrogen-bond acceptors (Lipinski definition) is 5. The van der Waals surface area contributed by atoms with Gasteiger partial charge in [0.15, 0.2) is 11.6 Å². The van der Waals surface area contributed by atoms with Crippen LogP contribution in [-0.2, 0) is 0 Å². The van der Waals surface area contributed by atoms with Crippen LogP contribution in [0.15, 0.2) is 30.3 Å². The van der Waals surface area contributed by atoms with E-state index in [9.17, 15) is 13.9 Å². The van der Waals surface area contributed by atoms with E-state index < -0.39 is 23.1 Å². The Bertz CT molecular complexity index is 1160. The van der Waals surface area contributed by atoms with Gasteiger partial charge in [-0.15, -0.1) is 11.3 Å². The van der Waals surface area contributed by atoms with Gasteiger partial charge in [0.2, 0.25) is 0 Å². The monoisotopic (exact) mass is 431 g/mol. The van der Waals surface area contributed by atoms with Crippen molar-refractivity contribution in [1.29, 1.82) is 5.26 Å². The van der Waals surface area contributed by atoms with E-state index >= 15 is 4.39 Å². The van der Waals surface area contributed by atoms with Gasteiger partial charge in [-0.3, -0.25) is 0 Å². The third-order valence-corrected chi connectivity index (χ3v) is 5.52. The standard InChI is InChI=1S/C22H20F3N3OS/c1-11-6-14(12-4-5-13(9-26)16(23)7-12)21(30-11)15-8-17(27)20(19(25)18(15)24)28-10-22(2,3)29/h4-8,28-29H,10,27H2,1-3H3. The lowest BCUT2D eigenvalue weighted by atomic mass is 9.99. The van der Waals surface area contributed by atoms with E-state index in [1.54, 1.807) is 25.1 Å². The number of thiophene rings is 1. The fourth-order valence-electron chi connectivity index (χ4n) is 3.00. The van der Waals surface area contributed by atoms with Crippen molar-refractivity contribution < 1.29 is 18.3 Å². The Labute approximate surface area is 176 Å². The lowest BCUT2D eigenvalue weighted by Crippen LogP contribution is -2.30.